The topological polar surface area (TPSA) is 114 Å². The van der Waals surface area contributed by atoms with Crippen LogP contribution in [0.3, 0.4) is 0 Å². The van der Waals surface area contributed by atoms with Crippen LogP contribution in [0.15, 0.2) is 113 Å². The fourth-order valence-electron chi connectivity index (χ4n) is 5.77. The van der Waals surface area contributed by atoms with Crippen molar-refractivity contribution in [1.29, 1.82) is 0 Å². The van der Waals surface area contributed by atoms with E-state index in [0.717, 1.165) is 34.5 Å². The average molecular weight is 689 g/mol. The Balaban J connectivity index is 1.52. The van der Waals surface area contributed by atoms with Crippen LogP contribution in [0.2, 0.25) is 0 Å². The van der Waals surface area contributed by atoms with Crippen molar-refractivity contribution in [1.82, 2.24) is 14.3 Å². The van der Waals surface area contributed by atoms with Crippen LogP contribution in [0.25, 0.3) is 23.0 Å². The summed E-state index contributed by atoms with van der Waals surface area (Å²) < 4.78 is 19.9. The van der Waals surface area contributed by atoms with Gasteiger partial charge in [-0.25, -0.2) is 19.3 Å². The zero-order valence-electron chi connectivity index (χ0n) is 28.2. The number of methoxy groups -OCH3 is 1. The lowest BCUT2D eigenvalue weighted by Gasteiger charge is -2.24. The van der Waals surface area contributed by atoms with Crippen LogP contribution in [0.1, 0.15) is 53.4 Å². The Hall–Kier alpha value is -5.81. The SMILES string of the molecule is C=CCOC(=O)C1=C(C)N=c2s/c(=C\c3cn(-c4ccccc4)nc3-c3ccc(OCCC)c(C)c3)c(=O)n2[C@@H]1c1ccc(C(=O)OC)cc1. The summed E-state index contributed by atoms with van der Waals surface area (Å²) in [5, 5.41) is 4.96. The van der Waals surface area contributed by atoms with Crippen LogP contribution in [0.4, 0.5) is 0 Å². The Morgan fingerprint density at radius 1 is 1.02 bits per heavy atom. The van der Waals surface area contributed by atoms with E-state index in [4.69, 9.17) is 24.3 Å². The molecular formula is C39H36N4O6S. The zero-order chi connectivity index (χ0) is 35.4. The molecule has 0 aliphatic carbocycles. The average Bonchev–Trinajstić information content (AvgIpc) is 3.69. The number of allylic oxidation sites excluding steroid dienone is 1. The van der Waals surface area contributed by atoms with Gasteiger partial charge in [-0.15, -0.1) is 0 Å². The molecule has 10 nitrogen and oxygen atoms in total. The fraction of sp³-hybridized carbons (Fsp3) is 0.205. The summed E-state index contributed by atoms with van der Waals surface area (Å²) in [5.74, 6) is -0.302. The second-order valence-electron chi connectivity index (χ2n) is 11.6. The van der Waals surface area contributed by atoms with Crippen LogP contribution >= 0.6 is 11.3 Å². The molecule has 0 spiro atoms. The third kappa shape index (κ3) is 6.72. The van der Waals surface area contributed by atoms with Gasteiger partial charge in [0.25, 0.3) is 5.56 Å². The van der Waals surface area contributed by atoms with Crippen molar-refractivity contribution < 1.29 is 23.8 Å². The van der Waals surface area contributed by atoms with E-state index in [1.807, 2.05) is 67.7 Å². The zero-order valence-corrected chi connectivity index (χ0v) is 29.0. The third-order valence-electron chi connectivity index (χ3n) is 8.18. The molecule has 0 radical (unpaired) electrons. The smallest absolute Gasteiger partial charge is 0.338 e. The van der Waals surface area contributed by atoms with Gasteiger partial charge in [0, 0.05) is 17.3 Å². The van der Waals surface area contributed by atoms with Crippen molar-refractivity contribution in [2.45, 2.75) is 33.2 Å². The monoisotopic (exact) mass is 688 g/mol. The molecule has 3 aromatic carbocycles. The molecule has 0 fully saturated rings. The predicted molar refractivity (Wildman–Crippen MR) is 192 cm³/mol. The second kappa shape index (κ2) is 14.8. The Kier molecular flexibility index (Phi) is 10.1. The molecule has 0 saturated carbocycles. The molecular weight excluding hydrogens is 653 g/mol. The number of nitrogens with zero attached hydrogens (tertiary/aromatic N) is 4. The van der Waals surface area contributed by atoms with Gasteiger partial charge in [-0.05, 0) is 79.9 Å². The summed E-state index contributed by atoms with van der Waals surface area (Å²) in [6.07, 6.45) is 6.09. The number of ether oxygens (including phenoxy) is 3. The van der Waals surface area contributed by atoms with E-state index in [9.17, 15) is 14.4 Å². The van der Waals surface area contributed by atoms with Crippen LogP contribution in [0.5, 0.6) is 5.75 Å². The number of rotatable bonds is 11. The Bertz CT molecular complexity index is 2300. The molecule has 0 N–H and O–H groups in total. The van der Waals surface area contributed by atoms with Crippen LogP contribution in [-0.2, 0) is 14.3 Å². The summed E-state index contributed by atoms with van der Waals surface area (Å²) in [4.78, 5) is 45.1. The molecule has 0 bridgehead atoms. The first-order valence-electron chi connectivity index (χ1n) is 16.1. The molecule has 50 heavy (non-hydrogen) atoms. The molecule has 3 heterocycles. The number of hydrogen-bond donors (Lipinski definition) is 0. The summed E-state index contributed by atoms with van der Waals surface area (Å²) in [6, 6.07) is 21.4. The van der Waals surface area contributed by atoms with Crippen LogP contribution in [-0.4, -0.2) is 46.6 Å². The number of carbonyl (C=O) groups excluding carboxylic acids is 2. The van der Waals surface area contributed by atoms with Gasteiger partial charge in [-0.1, -0.05) is 61.2 Å². The van der Waals surface area contributed by atoms with E-state index in [1.54, 1.807) is 35.9 Å². The predicted octanol–water partition coefficient (Wildman–Crippen LogP) is 5.70. The van der Waals surface area contributed by atoms with Gasteiger partial charge >= 0.3 is 11.9 Å². The maximum absolute atomic E-state index is 14.4. The lowest BCUT2D eigenvalue weighted by atomic mass is 9.95. The first-order chi connectivity index (χ1) is 24.2. The third-order valence-corrected chi connectivity index (χ3v) is 9.16. The van der Waals surface area contributed by atoms with Gasteiger partial charge in [-0.3, -0.25) is 9.36 Å². The van der Waals surface area contributed by atoms with Gasteiger partial charge in [0.05, 0.1) is 46.8 Å². The second-order valence-corrected chi connectivity index (χ2v) is 12.6. The summed E-state index contributed by atoms with van der Waals surface area (Å²) in [6.45, 7) is 10.0. The number of para-hydroxylation sites is 1. The highest BCUT2D eigenvalue weighted by Gasteiger charge is 2.33. The van der Waals surface area contributed by atoms with Crippen molar-refractivity contribution >= 4 is 29.4 Å². The number of carbonyl (C=O) groups is 2. The van der Waals surface area contributed by atoms with Gasteiger partial charge < -0.3 is 14.2 Å². The number of aromatic nitrogens is 3. The van der Waals surface area contributed by atoms with E-state index in [-0.39, 0.29) is 17.7 Å². The maximum atomic E-state index is 14.4. The van der Waals surface area contributed by atoms with Crippen molar-refractivity contribution in [2.75, 3.05) is 20.3 Å². The maximum Gasteiger partial charge on any atom is 0.338 e. The highest BCUT2D eigenvalue weighted by Crippen LogP contribution is 2.32. The van der Waals surface area contributed by atoms with E-state index < -0.39 is 18.0 Å². The molecule has 11 heteroatoms. The molecule has 1 aliphatic heterocycles. The summed E-state index contributed by atoms with van der Waals surface area (Å²) >= 11 is 1.22. The lowest BCUT2D eigenvalue weighted by Crippen LogP contribution is -2.40. The number of thiazole rings is 1. The van der Waals surface area contributed by atoms with Crippen molar-refractivity contribution in [3.05, 3.63) is 145 Å². The van der Waals surface area contributed by atoms with Crippen molar-refractivity contribution in [3.8, 4) is 22.7 Å². The van der Waals surface area contributed by atoms with Crippen molar-refractivity contribution in [3.63, 3.8) is 0 Å². The minimum absolute atomic E-state index is 0.00655. The molecule has 1 atom stereocenters. The Labute approximate surface area is 292 Å². The molecule has 5 aromatic rings. The largest absolute Gasteiger partial charge is 0.493 e. The molecule has 0 saturated heterocycles. The van der Waals surface area contributed by atoms with E-state index in [2.05, 4.69) is 13.5 Å². The Morgan fingerprint density at radius 3 is 2.46 bits per heavy atom. The first kappa shape index (κ1) is 34.1. The minimum Gasteiger partial charge on any atom is -0.493 e. The highest BCUT2D eigenvalue weighted by molar-refractivity contribution is 7.07. The first-order valence-corrected chi connectivity index (χ1v) is 16.9. The summed E-state index contributed by atoms with van der Waals surface area (Å²) in [7, 11) is 1.31. The van der Waals surface area contributed by atoms with Crippen molar-refractivity contribution in [2.24, 2.45) is 4.99 Å². The van der Waals surface area contributed by atoms with Gasteiger partial charge in [0.15, 0.2) is 4.80 Å². The highest BCUT2D eigenvalue weighted by atomic mass is 32.1. The number of aryl methyl sites for hydroxylation is 1. The molecule has 1 aliphatic rings. The van der Waals surface area contributed by atoms with E-state index in [1.165, 1.54) is 29.1 Å². The Morgan fingerprint density at radius 2 is 1.78 bits per heavy atom. The van der Waals surface area contributed by atoms with Gasteiger partial charge in [0.1, 0.15) is 18.1 Å². The molecule has 0 unspecified atom stereocenters. The number of benzene rings is 3. The molecule has 6 rings (SSSR count). The van der Waals surface area contributed by atoms with E-state index in [0.29, 0.717) is 38.5 Å². The standard InChI is InChI=1S/C39H36N4O6S/c1-6-19-48-31-18-17-28(21-24(31)3)34-29(23-42(41-34)30-11-9-8-10-12-30)22-32-36(44)43-35(26-13-15-27(16-14-26)37(45)47-5)33(38(46)49-20-7-2)25(4)40-39(43)50-32/h7-18,21-23,35H,2,6,19-20H2,1,3-5H3/b32-22-/t35-/m1/s1. The molecule has 254 valence electrons. The molecule has 2 aromatic heterocycles. The lowest BCUT2D eigenvalue weighted by molar-refractivity contribution is -0.138. The number of hydrogen-bond acceptors (Lipinski definition) is 9. The minimum atomic E-state index is -0.859. The van der Waals surface area contributed by atoms with Gasteiger partial charge in [-0.2, -0.15) is 5.10 Å². The van der Waals surface area contributed by atoms with E-state index >= 15 is 0 Å². The van der Waals surface area contributed by atoms with Crippen LogP contribution in [0, 0.1) is 6.92 Å². The normalized spacial score (nSPS) is 14.2. The fourth-order valence-corrected chi connectivity index (χ4v) is 6.81. The molecule has 0 amide bonds. The number of fused-ring (bicyclic) bond motifs is 1. The van der Waals surface area contributed by atoms with Crippen LogP contribution < -0.4 is 19.6 Å². The number of esters is 2. The quantitative estimate of drug-likeness (QED) is 0.129. The van der Waals surface area contributed by atoms with Gasteiger partial charge in [0.2, 0.25) is 0 Å². The summed E-state index contributed by atoms with van der Waals surface area (Å²) in [5.41, 5.74) is 5.35.